The van der Waals surface area contributed by atoms with Gasteiger partial charge in [-0.1, -0.05) is 23.7 Å². The van der Waals surface area contributed by atoms with Gasteiger partial charge < -0.3 is 0 Å². The van der Waals surface area contributed by atoms with Crippen molar-refractivity contribution in [2.75, 3.05) is 13.1 Å². The van der Waals surface area contributed by atoms with Gasteiger partial charge in [-0.15, -0.1) is 11.3 Å². The summed E-state index contributed by atoms with van der Waals surface area (Å²) in [5, 5.41) is 1.74. The van der Waals surface area contributed by atoms with Crippen LogP contribution in [0.2, 0.25) is 5.02 Å². The van der Waals surface area contributed by atoms with Crippen molar-refractivity contribution in [3.63, 3.8) is 0 Å². The lowest BCUT2D eigenvalue weighted by atomic mass is 10.1. The van der Waals surface area contributed by atoms with Crippen LogP contribution in [0, 0.1) is 0 Å². The monoisotopic (exact) mass is 361 g/mol. The van der Waals surface area contributed by atoms with Crippen molar-refractivity contribution in [1.29, 1.82) is 0 Å². The van der Waals surface area contributed by atoms with Crippen molar-refractivity contribution in [2.45, 2.75) is 25.6 Å². The highest BCUT2D eigenvalue weighted by Crippen LogP contribution is 2.28. The number of hydrogen-bond donors (Lipinski definition) is 0. The molecule has 3 heterocycles. The first kappa shape index (κ1) is 15.9. The van der Waals surface area contributed by atoms with Gasteiger partial charge >= 0.3 is 0 Å². The molecule has 0 aliphatic carbocycles. The lowest BCUT2D eigenvalue weighted by molar-refractivity contribution is 0.146. The highest BCUT2D eigenvalue weighted by atomic mass is 35.5. The minimum absolute atomic E-state index is 0.630. The van der Waals surface area contributed by atoms with Gasteiger partial charge in [0.25, 0.3) is 0 Å². The van der Waals surface area contributed by atoms with Crippen LogP contribution in [0.15, 0.2) is 36.5 Å². The Bertz CT molecular complexity index is 858. The third-order valence-electron chi connectivity index (χ3n) is 4.30. The van der Waals surface area contributed by atoms with Crippen molar-refractivity contribution >= 4 is 33.2 Å². The van der Waals surface area contributed by atoms with E-state index < -0.39 is 6.17 Å². The Morgan fingerprint density at radius 1 is 1.25 bits per heavy atom. The first-order valence-corrected chi connectivity index (χ1v) is 9.25. The minimum Gasteiger partial charge on any atom is -0.298 e. The Labute approximate surface area is 149 Å². The maximum atomic E-state index is 13.2. The maximum Gasteiger partial charge on any atom is 0.160 e. The number of aromatic nitrogens is 2. The minimum atomic E-state index is -0.630. The molecule has 0 N–H and O–H groups in total. The largest absolute Gasteiger partial charge is 0.298 e. The number of benzene rings is 1. The summed E-state index contributed by atoms with van der Waals surface area (Å²) < 4.78 is 13.2. The lowest BCUT2D eigenvalue weighted by Gasteiger charge is -2.27. The number of likely N-dealkylation sites (tertiary alicyclic amines) is 1. The molecule has 1 aromatic carbocycles. The zero-order valence-electron chi connectivity index (χ0n) is 13.1. The number of nitrogens with zero attached hydrogens (tertiary/aromatic N) is 3. The molecule has 0 radical (unpaired) electrons. The second-order valence-electron chi connectivity index (χ2n) is 6.13. The number of hydrogen-bond acceptors (Lipinski definition) is 4. The van der Waals surface area contributed by atoms with Crippen LogP contribution in [0.25, 0.3) is 21.6 Å². The van der Waals surface area contributed by atoms with E-state index in [1.54, 1.807) is 11.3 Å². The van der Waals surface area contributed by atoms with Gasteiger partial charge in [0.1, 0.15) is 11.0 Å². The van der Waals surface area contributed by atoms with E-state index in [1.165, 1.54) is 4.88 Å². The molecule has 6 heteroatoms. The molecule has 2 aromatic heterocycles. The fourth-order valence-corrected chi connectivity index (χ4v) is 4.24. The third-order valence-corrected chi connectivity index (χ3v) is 5.57. The van der Waals surface area contributed by atoms with Crippen LogP contribution in [0.4, 0.5) is 4.39 Å². The fourth-order valence-electron chi connectivity index (χ4n) is 3.01. The maximum absolute atomic E-state index is 13.2. The second-order valence-corrected chi connectivity index (χ2v) is 7.68. The Morgan fingerprint density at radius 2 is 2.08 bits per heavy atom. The number of rotatable bonds is 3. The van der Waals surface area contributed by atoms with Gasteiger partial charge in [-0.05, 0) is 31.0 Å². The van der Waals surface area contributed by atoms with Gasteiger partial charge in [-0.25, -0.2) is 14.4 Å². The van der Waals surface area contributed by atoms with Crippen molar-refractivity contribution in [3.05, 3.63) is 46.4 Å². The zero-order chi connectivity index (χ0) is 16.5. The molecule has 0 amide bonds. The number of thiophene rings is 1. The van der Waals surface area contributed by atoms with Gasteiger partial charge in [0.2, 0.25) is 0 Å². The predicted octanol–water partition coefficient (Wildman–Crippen LogP) is 4.95. The quantitative estimate of drug-likeness (QED) is 0.661. The van der Waals surface area contributed by atoms with Crippen LogP contribution >= 0.6 is 22.9 Å². The molecule has 3 nitrogen and oxygen atoms in total. The number of piperidine rings is 1. The number of halogens is 2. The zero-order valence-corrected chi connectivity index (χ0v) is 14.7. The van der Waals surface area contributed by atoms with E-state index in [4.69, 9.17) is 11.6 Å². The van der Waals surface area contributed by atoms with Crippen LogP contribution in [0.5, 0.6) is 0 Å². The normalized spacial score (nSPS) is 16.8. The molecule has 0 saturated carbocycles. The molecule has 1 fully saturated rings. The summed E-state index contributed by atoms with van der Waals surface area (Å²) in [5.74, 6) is 0.691. The molecule has 0 atom stereocenters. The summed E-state index contributed by atoms with van der Waals surface area (Å²) in [6.45, 7) is 2.52. The summed E-state index contributed by atoms with van der Waals surface area (Å²) in [6, 6.07) is 9.72. The van der Waals surface area contributed by atoms with Crippen molar-refractivity contribution in [1.82, 2.24) is 14.9 Å². The highest BCUT2D eigenvalue weighted by Gasteiger charge is 2.19. The molecule has 3 aromatic rings. The number of fused-ring (bicyclic) bond motifs is 1. The van der Waals surface area contributed by atoms with Gasteiger partial charge in [-0.3, -0.25) is 4.90 Å². The van der Waals surface area contributed by atoms with Crippen LogP contribution in [0.1, 0.15) is 17.7 Å². The molecule has 0 unspecified atom stereocenters. The van der Waals surface area contributed by atoms with Gasteiger partial charge in [0.15, 0.2) is 5.82 Å². The van der Waals surface area contributed by atoms with Crippen molar-refractivity contribution in [2.24, 2.45) is 0 Å². The highest BCUT2D eigenvalue weighted by molar-refractivity contribution is 7.18. The van der Waals surface area contributed by atoms with E-state index in [0.29, 0.717) is 23.7 Å². The standard InChI is InChI=1S/C18H17ClFN3S/c19-14-3-1-2-12(8-14)17-21-10-13-9-16(24-18(13)22-17)11-23-6-4-15(20)5-7-23/h1-3,8-10,15H,4-7,11H2. The number of alkyl halides is 1. The Kier molecular flexibility index (Phi) is 4.48. The van der Waals surface area contributed by atoms with Gasteiger partial charge in [-0.2, -0.15) is 0 Å². The molecule has 1 saturated heterocycles. The summed E-state index contributed by atoms with van der Waals surface area (Å²) in [6.07, 6.45) is 2.52. The Hall–Kier alpha value is -1.56. The molecule has 124 valence electrons. The van der Waals surface area contributed by atoms with E-state index in [9.17, 15) is 4.39 Å². The van der Waals surface area contributed by atoms with E-state index in [0.717, 1.165) is 35.4 Å². The van der Waals surface area contributed by atoms with Crippen LogP contribution in [-0.2, 0) is 6.54 Å². The molecule has 1 aliphatic rings. The molecule has 1 aliphatic heterocycles. The SMILES string of the molecule is FC1CCN(Cc2cc3cnc(-c4cccc(Cl)c4)nc3s2)CC1. The summed E-state index contributed by atoms with van der Waals surface area (Å²) in [7, 11) is 0. The first-order chi connectivity index (χ1) is 11.7. The smallest absolute Gasteiger partial charge is 0.160 e. The predicted molar refractivity (Wildman–Crippen MR) is 97.3 cm³/mol. The molecule has 24 heavy (non-hydrogen) atoms. The van der Waals surface area contributed by atoms with Crippen LogP contribution in [-0.4, -0.2) is 34.1 Å². The van der Waals surface area contributed by atoms with Crippen LogP contribution in [0.3, 0.4) is 0 Å². The van der Waals surface area contributed by atoms with Gasteiger partial charge in [0, 0.05) is 46.7 Å². The summed E-state index contributed by atoms with van der Waals surface area (Å²) in [5.41, 5.74) is 0.921. The molecule has 4 rings (SSSR count). The van der Waals surface area contributed by atoms with Gasteiger partial charge in [0.05, 0.1) is 0 Å². The fraction of sp³-hybridized carbons (Fsp3) is 0.333. The second kappa shape index (κ2) is 6.75. The topological polar surface area (TPSA) is 29.0 Å². The molecular weight excluding hydrogens is 345 g/mol. The van der Waals surface area contributed by atoms with E-state index in [-0.39, 0.29) is 0 Å². The summed E-state index contributed by atoms with van der Waals surface area (Å²) in [4.78, 5) is 13.7. The van der Waals surface area contributed by atoms with Crippen LogP contribution < -0.4 is 0 Å². The molecule has 0 bridgehead atoms. The van der Waals surface area contributed by atoms with Crippen molar-refractivity contribution in [3.8, 4) is 11.4 Å². The van der Waals surface area contributed by atoms with Crippen molar-refractivity contribution < 1.29 is 4.39 Å². The Balaban J connectivity index is 1.57. The average Bonchev–Trinajstić information content (AvgIpc) is 2.98. The van der Waals surface area contributed by atoms with E-state index in [2.05, 4.69) is 20.9 Å². The molecular formula is C18H17ClFN3S. The third kappa shape index (κ3) is 3.43. The average molecular weight is 362 g/mol. The molecule has 0 spiro atoms. The Morgan fingerprint density at radius 3 is 2.88 bits per heavy atom. The lowest BCUT2D eigenvalue weighted by Crippen LogP contribution is -2.33. The van der Waals surface area contributed by atoms with E-state index >= 15 is 0 Å². The summed E-state index contributed by atoms with van der Waals surface area (Å²) >= 11 is 7.74. The first-order valence-electron chi connectivity index (χ1n) is 8.05. The van der Waals surface area contributed by atoms with E-state index in [1.807, 2.05) is 30.5 Å².